The molecule has 8 nitrogen and oxygen atoms in total. The Morgan fingerprint density at radius 3 is 2.77 bits per heavy atom. The van der Waals surface area contributed by atoms with Gasteiger partial charge in [0.2, 0.25) is 0 Å². The zero-order chi connectivity index (χ0) is 22.2. The first kappa shape index (κ1) is 20.7. The summed E-state index contributed by atoms with van der Waals surface area (Å²) in [6, 6.07) is 10.3. The molecular weight excluding hydrogens is 392 g/mol. The number of hydrogen-bond acceptors (Lipinski definition) is 5. The van der Waals surface area contributed by atoms with Gasteiger partial charge in [-0.05, 0) is 37.5 Å². The van der Waals surface area contributed by atoms with Crippen molar-refractivity contribution in [3.8, 4) is 6.07 Å². The van der Waals surface area contributed by atoms with Crippen molar-refractivity contribution in [1.29, 1.82) is 5.26 Å². The molecule has 1 aromatic carbocycles. The lowest BCUT2D eigenvalue weighted by Crippen LogP contribution is -2.34. The minimum atomic E-state index is -0.385. The van der Waals surface area contributed by atoms with Crippen LogP contribution in [-0.2, 0) is 10.2 Å². The molecule has 1 atom stereocenters. The van der Waals surface area contributed by atoms with Crippen molar-refractivity contribution in [2.45, 2.75) is 51.9 Å². The minimum Gasteiger partial charge on any atom is -0.306 e. The number of amides is 2. The number of hydrogen-bond donors (Lipinski definition) is 1. The summed E-state index contributed by atoms with van der Waals surface area (Å²) in [7, 11) is 0. The first-order chi connectivity index (χ1) is 14.8. The Morgan fingerprint density at radius 1 is 1.23 bits per heavy atom. The molecule has 1 aliphatic carbocycles. The summed E-state index contributed by atoms with van der Waals surface area (Å²) in [6.07, 6.45) is 3.55. The average molecular weight is 416 g/mol. The van der Waals surface area contributed by atoms with Crippen molar-refractivity contribution in [2.75, 3.05) is 5.32 Å². The van der Waals surface area contributed by atoms with E-state index in [0.29, 0.717) is 16.9 Å². The molecule has 1 N–H and O–H groups in total. The Hall–Kier alpha value is -3.60. The van der Waals surface area contributed by atoms with Crippen LogP contribution in [0.25, 0.3) is 0 Å². The molecule has 1 unspecified atom stereocenters. The van der Waals surface area contributed by atoms with E-state index in [9.17, 15) is 9.59 Å². The number of benzene rings is 1. The number of rotatable bonds is 2. The second kappa shape index (κ2) is 7.91. The fraction of sp³-hybridized carbons (Fsp3) is 0.391. The van der Waals surface area contributed by atoms with Crippen molar-refractivity contribution in [3.05, 3.63) is 47.2 Å². The quantitative estimate of drug-likeness (QED) is 0.804. The number of aliphatic imine (C=N–C) groups is 2. The molecule has 158 valence electrons. The molecule has 31 heavy (non-hydrogen) atoms. The smallest absolute Gasteiger partial charge is 0.257 e. The normalized spacial score (nSPS) is 18.5. The van der Waals surface area contributed by atoms with E-state index in [1.807, 2.05) is 26.8 Å². The van der Waals surface area contributed by atoms with E-state index in [4.69, 9.17) is 5.26 Å². The molecule has 0 bridgehead atoms. The molecule has 1 saturated carbocycles. The van der Waals surface area contributed by atoms with Crippen molar-refractivity contribution >= 4 is 29.3 Å². The van der Waals surface area contributed by atoms with Crippen LogP contribution >= 0.6 is 0 Å². The number of nitrogens with zero attached hydrogens (tertiary/aromatic N) is 5. The monoisotopic (exact) mass is 416 g/mol. The SMILES string of the molecule is CC(C)(C)c1cc(NC(=O)c2cccc(C#N)c2)n(C2=NC(=O)C3CCCCC3=N2)n1. The lowest BCUT2D eigenvalue weighted by Gasteiger charge is -2.24. The topological polar surface area (TPSA) is 112 Å². The number of nitriles is 1. The Labute approximate surface area is 180 Å². The lowest BCUT2D eigenvalue weighted by atomic mass is 9.86. The number of fused-ring (bicyclic) bond motifs is 1. The molecule has 8 heteroatoms. The maximum atomic E-state index is 12.9. The van der Waals surface area contributed by atoms with Gasteiger partial charge in [-0.3, -0.25) is 9.59 Å². The molecule has 2 aliphatic rings. The van der Waals surface area contributed by atoms with Crippen LogP contribution in [0.4, 0.5) is 5.82 Å². The van der Waals surface area contributed by atoms with Gasteiger partial charge in [0.25, 0.3) is 17.8 Å². The van der Waals surface area contributed by atoms with Crippen molar-refractivity contribution in [3.63, 3.8) is 0 Å². The molecule has 2 aromatic rings. The summed E-state index contributed by atoms with van der Waals surface area (Å²) in [5.41, 5.74) is 2.03. The van der Waals surface area contributed by atoms with E-state index in [1.54, 1.807) is 24.3 Å². The Morgan fingerprint density at radius 2 is 2.03 bits per heavy atom. The third-order valence-electron chi connectivity index (χ3n) is 5.49. The maximum Gasteiger partial charge on any atom is 0.257 e. The fourth-order valence-corrected chi connectivity index (χ4v) is 3.73. The Bertz CT molecular complexity index is 1160. The minimum absolute atomic E-state index is 0.176. The molecular formula is C23H24N6O2. The van der Waals surface area contributed by atoms with E-state index in [-0.39, 0.29) is 29.1 Å². The van der Waals surface area contributed by atoms with Crippen LogP contribution in [0.2, 0.25) is 0 Å². The van der Waals surface area contributed by atoms with Crippen LogP contribution in [0.5, 0.6) is 0 Å². The number of nitrogens with one attached hydrogen (secondary N) is 1. The van der Waals surface area contributed by atoms with Gasteiger partial charge in [-0.15, -0.1) is 0 Å². The number of anilines is 1. The zero-order valence-corrected chi connectivity index (χ0v) is 17.8. The van der Waals surface area contributed by atoms with E-state index >= 15 is 0 Å². The molecule has 4 rings (SSSR count). The van der Waals surface area contributed by atoms with Gasteiger partial charge >= 0.3 is 0 Å². The first-order valence-electron chi connectivity index (χ1n) is 10.4. The number of carbonyl (C=O) groups is 2. The first-order valence-corrected chi connectivity index (χ1v) is 10.4. The number of carbonyl (C=O) groups excluding carboxylic acids is 2. The zero-order valence-electron chi connectivity index (χ0n) is 17.8. The third kappa shape index (κ3) is 4.17. The van der Waals surface area contributed by atoms with Crippen molar-refractivity contribution in [1.82, 2.24) is 9.78 Å². The highest BCUT2D eigenvalue weighted by Gasteiger charge is 2.32. The lowest BCUT2D eigenvalue weighted by molar-refractivity contribution is -0.120. The van der Waals surface area contributed by atoms with Gasteiger partial charge < -0.3 is 5.32 Å². The predicted octanol–water partition coefficient (Wildman–Crippen LogP) is 3.68. The fourth-order valence-electron chi connectivity index (χ4n) is 3.73. The summed E-state index contributed by atoms with van der Waals surface area (Å²) in [6.45, 7) is 6.04. The molecule has 2 heterocycles. The summed E-state index contributed by atoms with van der Waals surface area (Å²) in [4.78, 5) is 34.3. The van der Waals surface area contributed by atoms with E-state index in [2.05, 4.69) is 20.4 Å². The van der Waals surface area contributed by atoms with Gasteiger partial charge in [0, 0.05) is 22.8 Å². The molecule has 2 amide bonds. The summed E-state index contributed by atoms with van der Waals surface area (Å²) >= 11 is 0. The van der Waals surface area contributed by atoms with Gasteiger partial charge in [0.15, 0.2) is 0 Å². The maximum absolute atomic E-state index is 12.9. The average Bonchev–Trinajstić information content (AvgIpc) is 3.18. The van der Waals surface area contributed by atoms with Crippen LogP contribution in [0.3, 0.4) is 0 Å². The second-order valence-electron chi connectivity index (χ2n) is 8.87. The second-order valence-corrected chi connectivity index (χ2v) is 8.87. The van der Waals surface area contributed by atoms with Gasteiger partial charge in [-0.1, -0.05) is 33.3 Å². The Balaban J connectivity index is 1.72. The highest BCUT2D eigenvalue weighted by molar-refractivity contribution is 6.16. The van der Waals surface area contributed by atoms with Gasteiger partial charge in [0.1, 0.15) is 5.82 Å². The summed E-state index contributed by atoms with van der Waals surface area (Å²) in [5.74, 6) is -0.268. The van der Waals surface area contributed by atoms with Gasteiger partial charge in [-0.25, -0.2) is 4.99 Å². The number of aromatic nitrogens is 2. The predicted molar refractivity (Wildman–Crippen MR) is 117 cm³/mol. The third-order valence-corrected chi connectivity index (χ3v) is 5.49. The van der Waals surface area contributed by atoms with Crippen LogP contribution in [0, 0.1) is 17.2 Å². The molecule has 0 spiro atoms. The van der Waals surface area contributed by atoms with E-state index < -0.39 is 0 Å². The standard InChI is InChI=1S/C23H24N6O2/c1-23(2,3)18-12-19(26-20(30)15-8-6-7-14(11-15)13-24)29(28-18)22-25-17-10-5-4-9-16(17)21(31)27-22/h6-8,11-12,16H,4-5,9-10H2,1-3H3,(H,26,30). The van der Waals surface area contributed by atoms with Crippen molar-refractivity contribution < 1.29 is 9.59 Å². The van der Waals surface area contributed by atoms with Crippen LogP contribution in [-0.4, -0.2) is 33.3 Å². The van der Waals surface area contributed by atoms with Crippen LogP contribution in [0.15, 0.2) is 40.3 Å². The largest absolute Gasteiger partial charge is 0.306 e. The molecule has 1 aromatic heterocycles. The molecule has 0 radical (unpaired) electrons. The van der Waals surface area contributed by atoms with Crippen LogP contribution in [0.1, 0.15) is 68.1 Å². The van der Waals surface area contributed by atoms with Gasteiger partial charge in [-0.2, -0.15) is 20.0 Å². The molecule has 0 saturated heterocycles. The highest BCUT2D eigenvalue weighted by atomic mass is 16.2. The van der Waals surface area contributed by atoms with Crippen LogP contribution < -0.4 is 5.32 Å². The van der Waals surface area contributed by atoms with Crippen molar-refractivity contribution in [2.24, 2.45) is 15.9 Å². The molecule has 1 aliphatic heterocycles. The highest BCUT2D eigenvalue weighted by Crippen LogP contribution is 2.28. The van der Waals surface area contributed by atoms with E-state index in [1.165, 1.54) is 10.7 Å². The summed E-state index contributed by atoms with van der Waals surface area (Å²) in [5, 5.41) is 16.6. The molecule has 1 fully saturated rings. The van der Waals surface area contributed by atoms with E-state index in [0.717, 1.165) is 37.1 Å². The van der Waals surface area contributed by atoms with Gasteiger partial charge in [0.05, 0.1) is 23.2 Å². The summed E-state index contributed by atoms with van der Waals surface area (Å²) < 4.78 is 1.43. The Kier molecular flexibility index (Phi) is 5.27.